The molecule has 2 atom stereocenters. The van der Waals surface area contributed by atoms with Crippen molar-refractivity contribution in [2.75, 3.05) is 11.4 Å². The average Bonchev–Trinajstić information content (AvgIpc) is 2.74. The van der Waals surface area contributed by atoms with E-state index in [1.54, 1.807) is 11.1 Å². The Bertz CT molecular complexity index is 847. The molecule has 1 fully saturated rings. The van der Waals surface area contributed by atoms with Crippen LogP contribution < -0.4 is 4.90 Å². The number of carbonyl (C=O) groups excluding carboxylic acids is 1. The van der Waals surface area contributed by atoms with Crippen LogP contribution in [0.15, 0.2) is 48.7 Å². The quantitative estimate of drug-likeness (QED) is 0.543. The normalized spacial score (nSPS) is 18.4. The largest absolute Gasteiger partial charge is 0.443 e. The van der Waals surface area contributed by atoms with E-state index in [0.717, 1.165) is 37.3 Å². The molecule has 0 unspecified atom stereocenters. The summed E-state index contributed by atoms with van der Waals surface area (Å²) in [6.45, 7) is 11.8. The standard InChI is InChI=1S/C26H37N3O2/c1-6-20(2)29(25(30)31-26(3,4)5)24-22(15-12-17-27-24)23-16-10-11-18-28(23)19-21-13-8-7-9-14-21/h7-9,12-15,17,20,23H,6,10-11,16,18-19H2,1-5H3/t20-,23-/m1/s1. The summed E-state index contributed by atoms with van der Waals surface area (Å²) in [7, 11) is 0. The van der Waals surface area contributed by atoms with Crippen molar-refractivity contribution in [2.45, 2.75) is 84.5 Å². The van der Waals surface area contributed by atoms with Crippen LogP contribution in [0.25, 0.3) is 0 Å². The van der Waals surface area contributed by atoms with Crippen LogP contribution in [0.2, 0.25) is 0 Å². The molecule has 3 rings (SSSR count). The van der Waals surface area contributed by atoms with Gasteiger partial charge in [0.1, 0.15) is 11.4 Å². The maximum Gasteiger partial charge on any atom is 0.416 e. The minimum Gasteiger partial charge on any atom is -0.443 e. The Hall–Kier alpha value is -2.40. The van der Waals surface area contributed by atoms with Crippen molar-refractivity contribution >= 4 is 11.9 Å². The zero-order chi connectivity index (χ0) is 22.4. The fraction of sp³-hybridized carbons (Fsp3) is 0.538. The van der Waals surface area contributed by atoms with Gasteiger partial charge in [-0.15, -0.1) is 0 Å². The molecule has 5 heteroatoms. The van der Waals surface area contributed by atoms with Crippen LogP contribution in [0.1, 0.15) is 77.5 Å². The highest BCUT2D eigenvalue weighted by atomic mass is 16.6. The van der Waals surface area contributed by atoms with E-state index in [1.165, 1.54) is 18.4 Å². The molecule has 1 amide bonds. The van der Waals surface area contributed by atoms with Crippen molar-refractivity contribution in [1.82, 2.24) is 9.88 Å². The number of rotatable bonds is 6. The number of pyridine rings is 1. The lowest BCUT2D eigenvalue weighted by Gasteiger charge is -2.39. The first-order valence-corrected chi connectivity index (χ1v) is 11.5. The van der Waals surface area contributed by atoms with Crippen LogP contribution in [0.4, 0.5) is 10.6 Å². The fourth-order valence-electron chi connectivity index (χ4n) is 4.19. The van der Waals surface area contributed by atoms with Crippen molar-refractivity contribution in [2.24, 2.45) is 0 Å². The topological polar surface area (TPSA) is 45.7 Å². The summed E-state index contributed by atoms with van der Waals surface area (Å²) >= 11 is 0. The summed E-state index contributed by atoms with van der Waals surface area (Å²) in [5.74, 6) is 0.732. The zero-order valence-corrected chi connectivity index (χ0v) is 19.7. The van der Waals surface area contributed by atoms with Crippen molar-refractivity contribution in [3.63, 3.8) is 0 Å². The van der Waals surface area contributed by atoms with E-state index in [-0.39, 0.29) is 18.2 Å². The third-order valence-electron chi connectivity index (χ3n) is 5.87. The summed E-state index contributed by atoms with van der Waals surface area (Å²) in [5.41, 5.74) is 1.87. The Morgan fingerprint density at radius 1 is 1.19 bits per heavy atom. The first kappa shape index (κ1) is 23.3. The lowest BCUT2D eigenvalue weighted by atomic mass is 9.94. The van der Waals surface area contributed by atoms with E-state index in [4.69, 9.17) is 9.72 Å². The number of amides is 1. The van der Waals surface area contributed by atoms with Crippen molar-refractivity contribution in [1.29, 1.82) is 0 Å². The summed E-state index contributed by atoms with van der Waals surface area (Å²) in [6.07, 6.45) is 5.72. The average molecular weight is 424 g/mol. The molecule has 5 nitrogen and oxygen atoms in total. The second kappa shape index (κ2) is 10.3. The Balaban J connectivity index is 1.96. The maximum absolute atomic E-state index is 13.2. The predicted molar refractivity (Wildman–Crippen MR) is 126 cm³/mol. The van der Waals surface area contributed by atoms with Crippen molar-refractivity contribution < 1.29 is 9.53 Å². The summed E-state index contributed by atoms with van der Waals surface area (Å²) in [4.78, 5) is 22.2. The van der Waals surface area contributed by atoms with E-state index < -0.39 is 5.60 Å². The number of aromatic nitrogens is 1. The Morgan fingerprint density at radius 3 is 2.61 bits per heavy atom. The Kier molecular flexibility index (Phi) is 7.71. The Morgan fingerprint density at radius 2 is 1.94 bits per heavy atom. The molecule has 2 aromatic rings. The molecule has 1 aromatic heterocycles. The molecule has 0 bridgehead atoms. The molecule has 0 radical (unpaired) electrons. The molecule has 1 aromatic carbocycles. The fourth-order valence-corrected chi connectivity index (χ4v) is 4.19. The number of piperidine rings is 1. The van der Waals surface area contributed by atoms with Gasteiger partial charge >= 0.3 is 6.09 Å². The van der Waals surface area contributed by atoms with Gasteiger partial charge in [-0.3, -0.25) is 9.80 Å². The van der Waals surface area contributed by atoms with Crippen LogP contribution in [-0.4, -0.2) is 34.2 Å². The van der Waals surface area contributed by atoms with Crippen LogP contribution >= 0.6 is 0 Å². The van der Waals surface area contributed by atoms with Gasteiger partial charge in [-0.25, -0.2) is 9.78 Å². The van der Waals surface area contributed by atoms with Crippen molar-refractivity contribution in [3.05, 3.63) is 59.8 Å². The van der Waals surface area contributed by atoms with E-state index in [9.17, 15) is 4.79 Å². The molecule has 2 heterocycles. The molecule has 0 N–H and O–H groups in total. The van der Waals surface area contributed by atoms with Crippen LogP contribution in [0, 0.1) is 0 Å². The number of likely N-dealkylation sites (tertiary alicyclic amines) is 1. The number of carbonyl (C=O) groups is 1. The van der Waals surface area contributed by atoms with Crippen LogP contribution in [0.5, 0.6) is 0 Å². The molecule has 0 aliphatic carbocycles. The molecule has 31 heavy (non-hydrogen) atoms. The predicted octanol–water partition coefficient (Wildman–Crippen LogP) is 6.35. The number of hydrogen-bond acceptors (Lipinski definition) is 4. The molecule has 1 saturated heterocycles. The number of nitrogens with zero attached hydrogens (tertiary/aromatic N) is 3. The highest BCUT2D eigenvalue weighted by molar-refractivity contribution is 5.88. The Labute approximate surface area is 187 Å². The van der Waals surface area contributed by atoms with Gasteiger partial charge in [0.2, 0.25) is 0 Å². The van der Waals surface area contributed by atoms with Gasteiger partial charge < -0.3 is 4.74 Å². The van der Waals surface area contributed by atoms with Gasteiger partial charge in [0.05, 0.1) is 0 Å². The van der Waals surface area contributed by atoms with Gasteiger partial charge in [0.15, 0.2) is 0 Å². The molecule has 168 valence electrons. The first-order valence-electron chi connectivity index (χ1n) is 11.5. The summed E-state index contributed by atoms with van der Waals surface area (Å²) in [6, 6.07) is 15.0. The molecular formula is C26H37N3O2. The molecule has 0 spiro atoms. The highest BCUT2D eigenvalue weighted by Crippen LogP contribution is 2.37. The minimum absolute atomic E-state index is 0.00494. The summed E-state index contributed by atoms with van der Waals surface area (Å²) in [5, 5.41) is 0. The van der Waals surface area contributed by atoms with Gasteiger partial charge in [-0.2, -0.15) is 0 Å². The smallest absolute Gasteiger partial charge is 0.416 e. The molecule has 0 saturated carbocycles. The zero-order valence-electron chi connectivity index (χ0n) is 19.7. The number of ether oxygens (including phenoxy) is 1. The third-order valence-corrected chi connectivity index (χ3v) is 5.87. The second-order valence-electron chi connectivity index (χ2n) is 9.49. The molecular weight excluding hydrogens is 386 g/mol. The number of anilines is 1. The van der Waals surface area contributed by atoms with Gasteiger partial charge in [-0.05, 0) is 65.1 Å². The van der Waals surface area contributed by atoms with Crippen molar-refractivity contribution in [3.8, 4) is 0 Å². The lowest BCUT2D eigenvalue weighted by Crippen LogP contribution is -2.44. The van der Waals surface area contributed by atoms with E-state index in [0.29, 0.717) is 0 Å². The van der Waals surface area contributed by atoms with Crippen LogP contribution in [0.3, 0.4) is 0 Å². The van der Waals surface area contributed by atoms with Gasteiger partial charge in [-0.1, -0.05) is 49.7 Å². The first-order chi connectivity index (χ1) is 14.8. The van der Waals surface area contributed by atoms with E-state index >= 15 is 0 Å². The van der Waals surface area contributed by atoms with Gasteiger partial charge in [0, 0.05) is 30.4 Å². The molecule has 1 aliphatic heterocycles. The SMILES string of the molecule is CC[C@@H](C)N(C(=O)OC(C)(C)C)c1ncccc1[C@H]1CCCCN1Cc1ccccc1. The number of hydrogen-bond donors (Lipinski definition) is 0. The maximum atomic E-state index is 13.2. The van der Waals surface area contributed by atoms with Crippen LogP contribution in [-0.2, 0) is 11.3 Å². The van der Waals surface area contributed by atoms with E-state index in [1.807, 2.05) is 26.8 Å². The highest BCUT2D eigenvalue weighted by Gasteiger charge is 2.33. The summed E-state index contributed by atoms with van der Waals surface area (Å²) < 4.78 is 5.78. The van der Waals surface area contributed by atoms with Gasteiger partial charge in [0.25, 0.3) is 0 Å². The third kappa shape index (κ3) is 6.07. The number of benzene rings is 1. The second-order valence-corrected chi connectivity index (χ2v) is 9.49. The molecule has 1 aliphatic rings. The minimum atomic E-state index is -0.554. The van der Waals surface area contributed by atoms with E-state index in [2.05, 4.69) is 55.1 Å². The lowest BCUT2D eigenvalue weighted by molar-refractivity contribution is 0.0564. The monoisotopic (exact) mass is 423 g/mol.